The van der Waals surface area contributed by atoms with Crippen LogP contribution in [0.2, 0.25) is 5.02 Å². The standard InChI is InChI=1S/C21H25ClO6/c1-2-27-15-6-3-12(4-7-15)9-14-10-13(5-8-16(14)22)21-20(26)19(25)18(24)17(11-23)28-21/h3-8,10,17-21,23-26H,2,9,11H2,1H3/t17-,18-,19+,20-,21+/m1/s1/i9D2,17D,18D,19D,20D,21D. The Morgan fingerprint density at radius 3 is 2.46 bits per heavy atom. The van der Waals surface area contributed by atoms with E-state index in [-0.39, 0.29) is 16.1 Å². The van der Waals surface area contributed by atoms with Gasteiger partial charge in [-0.3, -0.25) is 0 Å². The summed E-state index contributed by atoms with van der Waals surface area (Å²) in [6, 6.07) is 9.10. The highest BCUT2D eigenvalue weighted by Crippen LogP contribution is 2.34. The second kappa shape index (κ2) is 9.22. The molecule has 1 saturated heterocycles. The predicted octanol–water partition coefficient (Wildman–Crippen LogP) is 1.84. The molecule has 6 nitrogen and oxygen atoms in total. The number of benzene rings is 2. The molecule has 7 heteroatoms. The minimum atomic E-state index is -3.93. The summed E-state index contributed by atoms with van der Waals surface area (Å²) in [5.41, 5.74) is -0.644. The number of halogens is 1. The molecule has 0 spiro atoms. The lowest BCUT2D eigenvalue weighted by atomic mass is 9.90. The summed E-state index contributed by atoms with van der Waals surface area (Å²) in [6.07, 6.45) is -20.3. The SMILES string of the molecule is [2H]C([2H])(c1ccc(OCC)cc1)c1cc([C@]2([2H])O[C@]([2H])(CO)[C@@]([2H])(O)[C@]([2H])(O)[C@@]2([2H])O)ccc1Cl. The fourth-order valence-corrected chi connectivity index (χ4v) is 2.76. The van der Waals surface area contributed by atoms with Crippen molar-refractivity contribution in [1.29, 1.82) is 0 Å². The third-order valence-corrected chi connectivity index (χ3v) is 4.30. The van der Waals surface area contributed by atoms with Gasteiger partial charge in [-0.2, -0.15) is 0 Å². The Labute approximate surface area is 178 Å². The maximum absolute atomic E-state index is 10.7. The quantitative estimate of drug-likeness (QED) is 0.574. The summed E-state index contributed by atoms with van der Waals surface area (Å²) in [4.78, 5) is 0. The van der Waals surface area contributed by atoms with E-state index < -0.39 is 48.9 Å². The fraction of sp³-hybridized carbons (Fsp3) is 0.429. The highest BCUT2D eigenvalue weighted by molar-refractivity contribution is 6.31. The summed E-state index contributed by atoms with van der Waals surface area (Å²) in [5.74, 6) is 0.500. The van der Waals surface area contributed by atoms with Gasteiger partial charge in [-0.1, -0.05) is 35.9 Å². The molecule has 0 aliphatic carbocycles. The summed E-state index contributed by atoms with van der Waals surface area (Å²) < 4.78 is 68.4. The van der Waals surface area contributed by atoms with Crippen molar-refractivity contribution in [2.75, 3.05) is 13.2 Å². The van der Waals surface area contributed by atoms with Crippen LogP contribution in [0, 0.1) is 0 Å². The predicted molar refractivity (Wildman–Crippen MR) is 105 cm³/mol. The van der Waals surface area contributed by atoms with E-state index in [1.165, 1.54) is 24.3 Å². The molecule has 152 valence electrons. The van der Waals surface area contributed by atoms with E-state index in [0.717, 1.165) is 18.2 Å². The molecule has 0 saturated carbocycles. The maximum atomic E-state index is 10.7. The summed E-state index contributed by atoms with van der Waals surface area (Å²) in [7, 11) is 0. The number of hydrogen-bond donors (Lipinski definition) is 4. The average molecular weight is 416 g/mol. The van der Waals surface area contributed by atoms with Crippen LogP contribution in [0.4, 0.5) is 0 Å². The Kier molecular flexibility index (Phi) is 4.46. The van der Waals surface area contributed by atoms with Gasteiger partial charge in [0.05, 0.1) is 20.1 Å². The van der Waals surface area contributed by atoms with Crippen LogP contribution < -0.4 is 4.74 Å². The van der Waals surface area contributed by atoms with Gasteiger partial charge in [0.25, 0.3) is 0 Å². The second-order valence-electron chi connectivity index (χ2n) is 5.84. The van der Waals surface area contributed by atoms with Gasteiger partial charge in [0, 0.05) is 7.76 Å². The molecule has 1 aliphatic rings. The van der Waals surface area contributed by atoms with E-state index in [2.05, 4.69) is 0 Å². The zero-order chi connectivity index (χ0) is 26.7. The molecule has 2 aromatic carbocycles. The van der Waals surface area contributed by atoms with Gasteiger partial charge < -0.3 is 29.9 Å². The summed E-state index contributed by atoms with van der Waals surface area (Å²) >= 11 is 6.24. The van der Waals surface area contributed by atoms with Crippen LogP contribution in [0.3, 0.4) is 0 Å². The van der Waals surface area contributed by atoms with Gasteiger partial charge in [-0.15, -0.1) is 0 Å². The zero-order valence-corrected chi connectivity index (χ0v) is 15.7. The van der Waals surface area contributed by atoms with Crippen molar-refractivity contribution >= 4 is 11.6 Å². The van der Waals surface area contributed by atoms with Crippen LogP contribution >= 0.6 is 11.6 Å². The molecule has 0 aromatic heterocycles. The van der Waals surface area contributed by atoms with E-state index in [4.69, 9.17) is 30.7 Å². The first-order valence-electron chi connectivity index (χ1n) is 11.9. The normalized spacial score (nSPS) is 44.9. The van der Waals surface area contributed by atoms with Crippen molar-refractivity contribution in [2.45, 2.75) is 43.7 Å². The van der Waals surface area contributed by atoms with Gasteiger partial charge in [0.15, 0.2) is 0 Å². The number of ether oxygens (including phenoxy) is 2. The lowest BCUT2D eigenvalue weighted by Crippen LogP contribution is -2.55. The van der Waals surface area contributed by atoms with Crippen LogP contribution in [0.1, 0.15) is 39.3 Å². The lowest BCUT2D eigenvalue weighted by Gasteiger charge is -2.40. The van der Waals surface area contributed by atoms with E-state index in [1.54, 1.807) is 6.92 Å². The molecule has 0 amide bonds. The number of aliphatic hydroxyl groups is 4. The van der Waals surface area contributed by atoms with Gasteiger partial charge in [-0.05, 0) is 48.2 Å². The van der Waals surface area contributed by atoms with Crippen molar-refractivity contribution in [1.82, 2.24) is 0 Å². The minimum Gasteiger partial charge on any atom is -0.494 e. The molecule has 1 aliphatic heterocycles. The maximum Gasteiger partial charge on any atom is 0.119 e. The minimum absolute atomic E-state index is 0.113. The van der Waals surface area contributed by atoms with Crippen LogP contribution in [0.5, 0.6) is 5.75 Å². The lowest BCUT2D eigenvalue weighted by molar-refractivity contribution is -0.231. The van der Waals surface area contributed by atoms with Crippen LogP contribution in [-0.2, 0) is 11.1 Å². The third kappa shape index (κ3) is 4.49. The highest BCUT2D eigenvalue weighted by Gasteiger charge is 2.43. The first-order chi connectivity index (χ1) is 15.9. The second-order valence-corrected chi connectivity index (χ2v) is 6.24. The zero-order valence-electron chi connectivity index (χ0n) is 21.9. The smallest absolute Gasteiger partial charge is 0.119 e. The molecular formula is C21H25ClO6. The van der Waals surface area contributed by atoms with Crippen molar-refractivity contribution in [2.24, 2.45) is 0 Å². The monoisotopic (exact) mass is 415 g/mol. The van der Waals surface area contributed by atoms with E-state index in [1.807, 2.05) is 0 Å². The van der Waals surface area contributed by atoms with Gasteiger partial charge in [0.2, 0.25) is 0 Å². The average Bonchev–Trinajstić information content (AvgIpc) is 2.78. The first-order valence-corrected chi connectivity index (χ1v) is 8.83. The Hall–Kier alpha value is -1.67. The molecule has 3 rings (SSSR count). The van der Waals surface area contributed by atoms with E-state index in [9.17, 15) is 20.4 Å². The van der Waals surface area contributed by atoms with Crippen LogP contribution in [0.25, 0.3) is 0 Å². The van der Waals surface area contributed by atoms with Crippen molar-refractivity contribution in [3.63, 3.8) is 0 Å². The molecule has 1 heterocycles. The Balaban J connectivity index is 2.18. The highest BCUT2D eigenvalue weighted by atomic mass is 35.5. The van der Waals surface area contributed by atoms with Crippen LogP contribution in [0.15, 0.2) is 42.5 Å². The summed E-state index contributed by atoms with van der Waals surface area (Å²) in [6.45, 7) is 0.707. The summed E-state index contributed by atoms with van der Waals surface area (Å²) in [5, 5.41) is 41.0. The Bertz CT molecular complexity index is 1100. The van der Waals surface area contributed by atoms with Gasteiger partial charge in [-0.25, -0.2) is 0 Å². The molecule has 2 aromatic rings. The molecule has 28 heavy (non-hydrogen) atoms. The Morgan fingerprint density at radius 1 is 1.11 bits per heavy atom. The van der Waals surface area contributed by atoms with Crippen molar-refractivity contribution in [3.8, 4) is 5.75 Å². The van der Waals surface area contributed by atoms with Crippen molar-refractivity contribution < 1.29 is 39.5 Å². The molecule has 1 fully saturated rings. The molecular weight excluding hydrogens is 384 g/mol. The molecule has 5 atom stereocenters. The van der Waals surface area contributed by atoms with Gasteiger partial charge in [0.1, 0.15) is 36.1 Å². The number of hydrogen-bond acceptors (Lipinski definition) is 6. The fourth-order valence-electron chi connectivity index (χ4n) is 2.59. The molecule has 0 radical (unpaired) electrons. The van der Waals surface area contributed by atoms with Crippen molar-refractivity contribution in [3.05, 3.63) is 64.2 Å². The van der Waals surface area contributed by atoms with E-state index >= 15 is 0 Å². The van der Waals surface area contributed by atoms with E-state index in [0.29, 0.717) is 12.4 Å². The Morgan fingerprint density at radius 2 is 1.82 bits per heavy atom. The molecule has 0 unspecified atom stereocenters. The topological polar surface area (TPSA) is 99.4 Å². The molecule has 4 N–H and O–H groups in total. The largest absolute Gasteiger partial charge is 0.494 e. The number of aliphatic hydroxyl groups excluding tert-OH is 1. The third-order valence-electron chi connectivity index (χ3n) is 3.97. The number of rotatable bonds is 6. The molecule has 0 bridgehead atoms. The van der Waals surface area contributed by atoms with Gasteiger partial charge >= 0.3 is 0 Å². The van der Waals surface area contributed by atoms with Crippen LogP contribution in [-0.4, -0.2) is 58.0 Å². The first kappa shape index (κ1) is 13.5.